The van der Waals surface area contributed by atoms with Gasteiger partial charge in [0, 0.05) is 12.6 Å². The van der Waals surface area contributed by atoms with Crippen LogP contribution in [0.4, 0.5) is 0 Å². The molecule has 0 aliphatic heterocycles. The number of rotatable bonds is 3. The van der Waals surface area contributed by atoms with E-state index in [2.05, 4.69) is 42.0 Å². The van der Waals surface area contributed by atoms with Gasteiger partial charge in [-0.25, -0.2) is 0 Å². The van der Waals surface area contributed by atoms with E-state index in [9.17, 15) is 5.11 Å². The summed E-state index contributed by atoms with van der Waals surface area (Å²) in [4.78, 5) is 8.37. The van der Waals surface area contributed by atoms with E-state index in [4.69, 9.17) is 0 Å². The lowest BCUT2D eigenvalue weighted by Gasteiger charge is -2.12. The topological polar surface area (TPSA) is 46.0 Å². The molecular formula is C15H18N2O. The molecule has 1 N–H and O–H groups in total. The predicted octanol–water partition coefficient (Wildman–Crippen LogP) is 2.68. The maximum atomic E-state index is 10.2. The van der Waals surface area contributed by atoms with E-state index >= 15 is 0 Å². The molecule has 0 amide bonds. The first-order valence-corrected chi connectivity index (χ1v) is 6.09. The van der Waals surface area contributed by atoms with Gasteiger partial charge in [-0.2, -0.15) is 0 Å². The van der Waals surface area contributed by atoms with Crippen molar-refractivity contribution in [1.29, 1.82) is 0 Å². The lowest BCUT2D eigenvalue weighted by Crippen LogP contribution is -2.06. The van der Waals surface area contributed by atoms with Gasteiger partial charge in [0.1, 0.15) is 6.10 Å². The Labute approximate surface area is 108 Å². The fraction of sp³-hybridized carbons (Fsp3) is 0.333. The van der Waals surface area contributed by atoms with Gasteiger partial charge in [-0.1, -0.05) is 23.8 Å². The van der Waals surface area contributed by atoms with Crippen LogP contribution in [0.15, 0.2) is 30.6 Å². The number of aryl methyl sites for hydroxylation is 3. The molecule has 1 heterocycles. The molecule has 0 fully saturated rings. The summed E-state index contributed by atoms with van der Waals surface area (Å²) in [6.45, 7) is 6.00. The second kappa shape index (κ2) is 5.27. The van der Waals surface area contributed by atoms with Crippen LogP contribution in [0.5, 0.6) is 0 Å². The van der Waals surface area contributed by atoms with Crippen molar-refractivity contribution in [2.45, 2.75) is 33.3 Å². The molecule has 3 heteroatoms. The van der Waals surface area contributed by atoms with E-state index in [0.29, 0.717) is 12.1 Å². The van der Waals surface area contributed by atoms with Gasteiger partial charge in [0.05, 0.1) is 17.6 Å². The number of hydrogen-bond donors (Lipinski definition) is 1. The highest BCUT2D eigenvalue weighted by atomic mass is 16.3. The molecule has 0 aliphatic rings. The summed E-state index contributed by atoms with van der Waals surface area (Å²) < 4.78 is 0. The van der Waals surface area contributed by atoms with E-state index < -0.39 is 6.10 Å². The summed E-state index contributed by atoms with van der Waals surface area (Å²) in [5.74, 6) is 0. The first-order valence-electron chi connectivity index (χ1n) is 6.09. The van der Waals surface area contributed by atoms with Crippen molar-refractivity contribution in [3.63, 3.8) is 0 Å². The minimum absolute atomic E-state index is 0.575. The molecule has 0 saturated heterocycles. The van der Waals surface area contributed by atoms with Gasteiger partial charge in [-0.15, -0.1) is 0 Å². The molecule has 0 bridgehead atoms. The quantitative estimate of drug-likeness (QED) is 0.900. The van der Waals surface area contributed by atoms with Crippen LogP contribution >= 0.6 is 0 Å². The Morgan fingerprint density at radius 2 is 1.89 bits per heavy atom. The third kappa shape index (κ3) is 2.93. The molecule has 3 nitrogen and oxygen atoms in total. The summed E-state index contributed by atoms with van der Waals surface area (Å²) in [7, 11) is 0. The van der Waals surface area contributed by atoms with Crippen molar-refractivity contribution in [2.75, 3.05) is 0 Å². The smallest absolute Gasteiger partial charge is 0.102 e. The molecule has 2 rings (SSSR count). The SMILES string of the molecule is Cc1ccc(C)c(CC(O)c2cnc(C)cn2)c1. The highest BCUT2D eigenvalue weighted by Gasteiger charge is 2.12. The average molecular weight is 242 g/mol. The van der Waals surface area contributed by atoms with Crippen LogP contribution in [0.1, 0.15) is 34.2 Å². The molecule has 18 heavy (non-hydrogen) atoms. The third-order valence-corrected chi connectivity index (χ3v) is 3.06. The molecule has 1 atom stereocenters. The zero-order chi connectivity index (χ0) is 13.1. The van der Waals surface area contributed by atoms with E-state index in [1.807, 2.05) is 6.92 Å². The van der Waals surface area contributed by atoms with Gasteiger partial charge in [-0.05, 0) is 31.9 Å². The second-order valence-electron chi connectivity index (χ2n) is 4.73. The zero-order valence-electron chi connectivity index (χ0n) is 11.0. The molecule has 0 radical (unpaired) electrons. The van der Waals surface area contributed by atoms with Crippen molar-refractivity contribution in [3.8, 4) is 0 Å². The van der Waals surface area contributed by atoms with E-state index in [1.54, 1.807) is 12.4 Å². The van der Waals surface area contributed by atoms with Gasteiger partial charge in [-0.3, -0.25) is 9.97 Å². The molecule has 0 spiro atoms. The minimum atomic E-state index is -0.599. The van der Waals surface area contributed by atoms with Crippen LogP contribution in [0.25, 0.3) is 0 Å². The van der Waals surface area contributed by atoms with Gasteiger partial charge in [0.25, 0.3) is 0 Å². The number of nitrogens with zero attached hydrogens (tertiary/aromatic N) is 2. The predicted molar refractivity (Wildman–Crippen MR) is 71.3 cm³/mol. The molecule has 94 valence electrons. The van der Waals surface area contributed by atoms with Crippen molar-refractivity contribution in [1.82, 2.24) is 9.97 Å². The average Bonchev–Trinajstić information content (AvgIpc) is 2.34. The normalized spacial score (nSPS) is 12.4. The number of aliphatic hydroxyl groups is 1. The largest absolute Gasteiger partial charge is 0.386 e. The zero-order valence-corrected chi connectivity index (χ0v) is 11.0. The maximum Gasteiger partial charge on any atom is 0.102 e. The van der Waals surface area contributed by atoms with Crippen LogP contribution in [-0.2, 0) is 6.42 Å². The number of aromatic nitrogens is 2. The minimum Gasteiger partial charge on any atom is -0.386 e. The van der Waals surface area contributed by atoms with Crippen LogP contribution in [0.3, 0.4) is 0 Å². The fourth-order valence-electron chi connectivity index (χ4n) is 1.91. The summed E-state index contributed by atoms with van der Waals surface area (Å²) in [5.41, 5.74) is 5.04. The molecule has 0 aliphatic carbocycles. The van der Waals surface area contributed by atoms with Crippen molar-refractivity contribution in [3.05, 3.63) is 58.7 Å². The fourth-order valence-corrected chi connectivity index (χ4v) is 1.91. The summed E-state index contributed by atoms with van der Waals surface area (Å²) in [6, 6.07) is 6.27. The highest BCUT2D eigenvalue weighted by molar-refractivity contribution is 5.31. The van der Waals surface area contributed by atoms with E-state index in [0.717, 1.165) is 11.3 Å². The third-order valence-electron chi connectivity index (χ3n) is 3.06. The Hall–Kier alpha value is -1.74. The van der Waals surface area contributed by atoms with Gasteiger partial charge in [0.2, 0.25) is 0 Å². The van der Waals surface area contributed by atoms with Gasteiger partial charge < -0.3 is 5.11 Å². The number of aliphatic hydroxyl groups excluding tert-OH is 1. The monoisotopic (exact) mass is 242 g/mol. The standard InChI is InChI=1S/C15H18N2O/c1-10-4-5-11(2)13(6-10)7-15(18)14-9-16-12(3)8-17-14/h4-6,8-9,15,18H,7H2,1-3H3. The van der Waals surface area contributed by atoms with Crippen LogP contribution in [-0.4, -0.2) is 15.1 Å². The van der Waals surface area contributed by atoms with Gasteiger partial charge >= 0.3 is 0 Å². The Bertz CT molecular complexity index is 535. The summed E-state index contributed by atoms with van der Waals surface area (Å²) in [5, 5.41) is 10.2. The van der Waals surface area contributed by atoms with E-state index in [-0.39, 0.29) is 0 Å². The van der Waals surface area contributed by atoms with Crippen molar-refractivity contribution in [2.24, 2.45) is 0 Å². The van der Waals surface area contributed by atoms with Gasteiger partial charge in [0.15, 0.2) is 0 Å². The molecule has 1 aromatic carbocycles. The van der Waals surface area contributed by atoms with E-state index in [1.165, 1.54) is 11.1 Å². The van der Waals surface area contributed by atoms with Crippen molar-refractivity contribution < 1.29 is 5.11 Å². The molecule has 1 aromatic heterocycles. The maximum absolute atomic E-state index is 10.2. The Balaban J connectivity index is 2.18. The van der Waals surface area contributed by atoms with Crippen LogP contribution < -0.4 is 0 Å². The lowest BCUT2D eigenvalue weighted by atomic mass is 9.99. The van der Waals surface area contributed by atoms with Crippen LogP contribution in [0.2, 0.25) is 0 Å². The lowest BCUT2D eigenvalue weighted by molar-refractivity contribution is 0.173. The highest BCUT2D eigenvalue weighted by Crippen LogP contribution is 2.19. The second-order valence-corrected chi connectivity index (χ2v) is 4.73. The number of benzene rings is 1. The first-order chi connectivity index (χ1) is 8.56. The molecule has 1 unspecified atom stereocenters. The molecule has 2 aromatic rings. The molecule has 0 saturated carbocycles. The summed E-state index contributed by atoms with van der Waals surface area (Å²) in [6.07, 6.45) is 3.30. The summed E-state index contributed by atoms with van der Waals surface area (Å²) >= 11 is 0. The van der Waals surface area contributed by atoms with Crippen LogP contribution in [0, 0.1) is 20.8 Å². The Kier molecular flexibility index (Phi) is 3.72. The number of hydrogen-bond acceptors (Lipinski definition) is 3. The van der Waals surface area contributed by atoms with Crippen molar-refractivity contribution >= 4 is 0 Å². The Morgan fingerprint density at radius 1 is 1.11 bits per heavy atom. The molecular weight excluding hydrogens is 224 g/mol. The Morgan fingerprint density at radius 3 is 2.56 bits per heavy atom. The first kappa shape index (κ1) is 12.7.